The molecule has 8 atom stereocenters. The van der Waals surface area contributed by atoms with Gasteiger partial charge in [0.15, 0.2) is 6.29 Å². The maximum Gasteiger partial charge on any atom is 0.157 e. The first-order valence-corrected chi connectivity index (χ1v) is 12.5. The van der Waals surface area contributed by atoms with Gasteiger partial charge in [-0.25, -0.2) is 0 Å². The van der Waals surface area contributed by atoms with Crippen LogP contribution in [0.1, 0.15) is 85.0 Å². The summed E-state index contributed by atoms with van der Waals surface area (Å²) < 4.78 is 12.2. The molecule has 30 heavy (non-hydrogen) atoms. The zero-order valence-electron chi connectivity index (χ0n) is 19.1. The predicted octanol–water partition coefficient (Wildman–Crippen LogP) is 6.55. The van der Waals surface area contributed by atoms with Crippen molar-refractivity contribution in [3.8, 4) is 0 Å². The molecule has 0 spiro atoms. The summed E-state index contributed by atoms with van der Waals surface area (Å²) in [7, 11) is 0. The number of rotatable bonds is 4. The lowest BCUT2D eigenvalue weighted by molar-refractivity contribution is -0.193. The number of fused-ring (bicyclic) bond motifs is 5. The molecule has 4 fully saturated rings. The quantitative estimate of drug-likeness (QED) is 0.491. The molecule has 3 saturated carbocycles. The normalized spacial score (nSPS) is 46.7. The number of nitrogens with zero attached hydrogens (tertiary/aromatic N) is 1. The molecule has 4 nitrogen and oxygen atoms in total. The highest BCUT2D eigenvalue weighted by Gasteiger charge is 2.57. The first kappa shape index (κ1) is 20.9. The van der Waals surface area contributed by atoms with Gasteiger partial charge in [-0.2, -0.15) is 4.91 Å². The molecule has 1 saturated heterocycles. The number of allylic oxidation sites excluding steroid dienone is 3. The molecule has 0 amide bonds. The number of hydrogen-bond acceptors (Lipinski definition) is 4. The Morgan fingerprint density at radius 1 is 1.07 bits per heavy atom. The van der Waals surface area contributed by atoms with Gasteiger partial charge in [-0.1, -0.05) is 42.3 Å². The van der Waals surface area contributed by atoms with Crippen LogP contribution in [-0.4, -0.2) is 25.0 Å². The molecule has 3 unspecified atom stereocenters. The van der Waals surface area contributed by atoms with Gasteiger partial charge in [-0.3, -0.25) is 0 Å². The van der Waals surface area contributed by atoms with E-state index in [0.717, 1.165) is 32.3 Å². The fourth-order valence-electron chi connectivity index (χ4n) is 8.02. The van der Waals surface area contributed by atoms with Crippen LogP contribution in [0.15, 0.2) is 28.5 Å². The average molecular weight is 414 g/mol. The topological polar surface area (TPSA) is 47.9 Å². The Morgan fingerprint density at radius 3 is 2.70 bits per heavy atom. The third kappa shape index (κ3) is 3.24. The van der Waals surface area contributed by atoms with Crippen LogP contribution < -0.4 is 0 Å². The van der Waals surface area contributed by atoms with E-state index in [9.17, 15) is 4.91 Å². The van der Waals surface area contributed by atoms with Gasteiger partial charge in [0.05, 0.1) is 12.1 Å². The van der Waals surface area contributed by atoms with Gasteiger partial charge in [0, 0.05) is 6.61 Å². The van der Waals surface area contributed by atoms with E-state index in [0.29, 0.717) is 23.9 Å². The SMILES string of the molecule is CC(N=O)[C@H]1CC[C@H]2C3=CC=C4CC(OC5CCCCO5)CC[C@]4(C)[C@H]3CC[C@]12C. The molecule has 4 aliphatic carbocycles. The van der Waals surface area contributed by atoms with E-state index in [2.05, 4.69) is 31.2 Å². The molecule has 0 aromatic heterocycles. The summed E-state index contributed by atoms with van der Waals surface area (Å²) in [5, 5.41) is 3.44. The van der Waals surface area contributed by atoms with Gasteiger partial charge in [0.2, 0.25) is 0 Å². The molecule has 0 aromatic rings. The molecule has 5 aliphatic rings. The highest BCUT2D eigenvalue weighted by atomic mass is 16.7. The second-order valence-corrected chi connectivity index (χ2v) is 11.3. The molecular weight excluding hydrogens is 374 g/mol. The van der Waals surface area contributed by atoms with Crippen LogP contribution >= 0.6 is 0 Å². The van der Waals surface area contributed by atoms with Gasteiger partial charge in [0.25, 0.3) is 0 Å². The zero-order valence-corrected chi connectivity index (χ0v) is 19.1. The molecule has 0 radical (unpaired) electrons. The lowest BCUT2D eigenvalue weighted by atomic mass is 9.50. The fraction of sp³-hybridized carbons (Fsp3) is 0.846. The summed E-state index contributed by atoms with van der Waals surface area (Å²) in [4.78, 5) is 11.3. The maximum atomic E-state index is 11.3. The Labute approximate surface area is 181 Å². The molecule has 166 valence electrons. The lowest BCUT2D eigenvalue weighted by Crippen LogP contribution is -2.47. The van der Waals surface area contributed by atoms with Crippen molar-refractivity contribution >= 4 is 0 Å². The highest BCUT2D eigenvalue weighted by Crippen LogP contribution is 2.65. The Bertz CT molecular complexity index is 739. The Hall–Kier alpha value is -1.00. The number of nitroso groups, excluding NO2 is 1. The molecule has 1 heterocycles. The number of hydrogen-bond donors (Lipinski definition) is 0. The molecule has 1 aliphatic heterocycles. The van der Waals surface area contributed by atoms with Crippen molar-refractivity contribution < 1.29 is 9.47 Å². The maximum absolute atomic E-state index is 11.3. The molecule has 4 heteroatoms. The summed E-state index contributed by atoms with van der Waals surface area (Å²) >= 11 is 0. The fourth-order valence-corrected chi connectivity index (χ4v) is 8.02. The Kier molecular flexibility index (Phi) is 5.46. The van der Waals surface area contributed by atoms with E-state index in [4.69, 9.17) is 9.47 Å². The van der Waals surface area contributed by atoms with Gasteiger partial charge < -0.3 is 9.47 Å². The van der Waals surface area contributed by atoms with E-state index in [1.165, 1.54) is 38.5 Å². The summed E-state index contributed by atoms with van der Waals surface area (Å²) in [6.07, 6.45) is 17.0. The first-order valence-electron chi connectivity index (χ1n) is 12.5. The van der Waals surface area contributed by atoms with Crippen molar-refractivity contribution in [3.63, 3.8) is 0 Å². The van der Waals surface area contributed by atoms with Crippen molar-refractivity contribution in [1.82, 2.24) is 0 Å². The van der Waals surface area contributed by atoms with Crippen molar-refractivity contribution in [2.75, 3.05) is 6.61 Å². The minimum Gasteiger partial charge on any atom is -0.353 e. The second kappa shape index (κ2) is 7.85. The second-order valence-electron chi connectivity index (χ2n) is 11.3. The summed E-state index contributed by atoms with van der Waals surface area (Å²) in [6, 6.07) is -0.0583. The number of ether oxygens (including phenoxy) is 2. The summed E-state index contributed by atoms with van der Waals surface area (Å²) in [5.41, 5.74) is 3.82. The first-order chi connectivity index (χ1) is 14.5. The van der Waals surface area contributed by atoms with E-state index < -0.39 is 0 Å². The highest BCUT2D eigenvalue weighted by molar-refractivity contribution is 5.39. The van der Waals surface area contributed by atoms with Crippen LogP contribution in [0.5, 0.6) is 0 Å². The van der Waals surface area contributed by atoms with Crippen molar-refractivity contribution in [3.05, 3.63) is 28.2 Å². The van der Waals surface area contributed by atoms with Crippen molar-refractivity contribution in [2.24, 2.45) is 33.8 Å². The van der Waals surface area contributed by atoms with Crippen LogP contribution in [0.4, 0.5) is 0 Å². The van der Waals surface area contributed by atoms with Crippen LogP contribution in [0.2, 0.25) is 0 Å². The lowest BCUT2D eigenvalue weighted by Gasteiger charge is -2.55. The average Bonchev–Trinajstić information content (AvgIpc) is 3.11. The minimum absolute atomic E-state index is 0.0163. The predicted molar refractivity (Wildman–Crippen MR) is 119 cm³/mol. The standard InChI is InChI=1S/C26H39NO3/c1-17(27-28)21-9-10-22-20-8-7-18-16-19(30-24-6-4-5-15-29-24)11-13-25(18,2)23(20)12-14-26(21,22)3/h7-8,17,19,21-24H,4-6,9-16H2,1-3H3/t17?,19?,21-,22+,23+,24?,25+,26-/m1/s1. The molecule has 5 rings (SSSR count). The van der Waals surface area contributed by atoms with Gasteiger partial charge >= 0.3 is 0 Å². The smallest absolute Gasteiger partial charge is 0.157 e. The largest absolute Gasteiger partial charge is 0.353 e. The summed E-state index contributed by atoms with van der Waals surface area (Å²) in [5.74, 6) is 1.74. The Morgan fingerprint density at radius 2 is 1.93 bits per heavy atom. The van der Waals surface area contributed by atoms with E-state index >= 15 is 0 Å². The van der Waals surface area contributed by atoms with Crippen molar-refractivity contribution in [1.29, 1.82) is 0 Å². The molecular formula is C26H39NO3. The third-order valence-electron chi connectivity index (χ3n) is 9.83. The summed E-state index contributed by atoms with van der Waals surface area (Å²) in [6.45, 7) is 7.85. The van der Waals surface area contributed by atoms with E-state index in [1.54, 1.807) is 11.1 Å². The van der Waals surface area contributed by atoms with Crippen LogP contribution in [0.25, 0.3) is 0 Å². The van der Waals surface area contributed by atoms with Crippen LogP contribution in [0, 0.1) is 33.5 Å². The third-order valence-corrected chi connectivity index (χ3v) is 9.83. The molecule has 0 aromatic carbocycles. The van der Waals surface area contributed by atoms with Crippen molar-refractivity contribution in [2.45, 2.75) is 103 Å². The van der Waals surface area contributed by atoms with Gasteiger partial charge in [0.1, 0.15) is 0 Å². The van der Waals surface area contributed by atoms with Crippen LogP contribution in [-0.2, 0) is 9.47 Å². The molecule has 0 N–H and O–H groups in total. The zero-order chi connectivity index (χ0) is 20.9. The minimum atomic E-state index is -0.0583. The van der Waals surface area contributed by atoms with Gasteiger partial charge in [-0.15, -0.1) is 0 Å². The van der Waals surface area contributed by atoms with E-state index in [1.807, 2.05) is 6.92 Å². The van der Waals surface area contributed by atoms with E-state index in [-0.39, 0.29) is 23.2 Å². The Balaban J connectivity index is 1.35. The molecule has 0 bridgehead atoms. The van der Waals surface area contributed by atoms with Crippen LogP contribution in [0.3, 0.4) is 0 Å². The monoisotopic (exact) mass is 413 g/mol. The van der Waals surface area contributed by atoms with Gasteiger partial charge in [-0.05, 0) is 99.7 Å².